The van der Waals surface area contributed by atoms with E-state index in [2.05, 4.69) is 20.8 Å². The van der Waals surface area contributed by atoms with Crippen LogP contribution in [-0.4, -0.2) is 29.2 Å². The average Bonchev–Trinajstić information content (AvgIpc) is 3.03. The summed E-state index contributed by atoms with van der Waals surface area (Å²) in [6.07, 6.45) is 5.46. The van der Waals surface area contributed by atoms with Gasteiger partial charge in [-0.05, 0) is 43.6 Å². The Morgan fingerprint density at radius 1 is 1.15 bits per heavy atom. The average molecular weight is 270 g/mol. The SMILES string of the molecule is O=C(Nc1ccc(-c2cn[nH]c2)cc1)C1CCNCC1. The highest BCUT2D eigenvalue weighted by atomic mass is 16.1. The first-order chi connectivity index (χ1) is 9.83. The number of anilines is 1. The minimum Gasteiger partial charge on any atom is -0.326 e. The highest BCUT2D eigenvalue weighted by Crippen LogP contribution is 2.21. The normalized spacial score (nSPS) is 16.0. The van der Waals surface area contributed by atoms with Crippen molar-refractivity contribution in [3.05, 3.63) is 36.7 Å². The van der Waals surface area contributed by atoms with Crippen LogP contribution < -0.4 is 10.6 Å². The van der Waals surface area contributed by atoms with Crippen molar-refractivity contribution in [2.75, 3.05) is 18.4 Å². The highest BCUT2D eigenvalue weighted by molar-refractivity contribution is 5.92. The zero-order chi connectivity index (χ0) is 13.8. The van der Waals surface area contributed by atoms with Crippen LogP contribution in [0.2, 0.25) is 0 Å². The third-order valence-corrected chi connectivity index (χ3v) is 3.69. The molecular formula is C15H18N4O. The van der Waals surface area contributed by atoms with Gasteiger partial charge < -0.3 is 10.6 Å². The number of piperidine rings is 1. The van der Waals surface area contributed by atoms with Crippen LogP contribution in [-0.2, 0) is 4.79 Å². The van der Waals surface area contributed by atoms with Crippen LogP contribution in [0.4, 0.5) is 5.69 Å². The van der Waals surface area contributed by atoms with Gasteiger partial charge in [-0.15, -0.1) is 0 Å². The number of aromatic amines is 1. The second kappa shape index (κ2) is 5.88. The number of H-pyrrole nitrogens is 1. The van der Waals surface area contributed by atoms with Gasteiger partial charge in [0.25, 0.3) is 0 Å². The predicted molar refractivity (Wildman–Crippen MR) is 78.2 cm³/mol. The van der Waals surface area contributed by atoms with E-state index in [-0.39, 0.29) is 11.8 Å². The van der Waals surface area contributed by atoms with Crippen molar-refractivity contribution >= 4 is 11.6 Å². The molecule has 1 aromatic carbocycles. The second-order valence-electron chi connectivity index (χ2n) is 5.08. The van der Waals surface area contributed by atoms with Crippen LogP contribution in [0.3, 0.4) is 0 Å². The molecule has 0 radical (unpaired) electrons. The van der Waals surface area contributed by atoms with Gasteiger partial charge in [-0.2, -0.15) is 5.10 Å². The number of hydrogen-bond acceptors (Lipinski definition) is 3. The van der Waals surface area contributed by atoms with Crippen molar-refractivity contribution in [1.29, 1.82) is 0 Å². The maximum absolute atomic E-state index is 12.1. The molecular weight excluding hydrogens is 252 g/mol. The van der Waals surface area contributed by atoms with Crippen molar-refractivity contribution in [2.45, 2.75) is 12.8 Å². The van der Waals surface area contributed by atoms with Gasteiger partial charge in [-0.25, -0.2) is 0 Å². The zero-order valence-electron chi connectivity index (χ0n) is 11.2. The van der Waals surface area contributed by atoms with Crippen molar-refractivity contribution < 1.29 is 4.79 Å². The fourth-order valence-electron chi connectivity index (χ4n) is 2.48. The molecule has 2 aromatic rings. The first-order valence-electron chi connectivity index (χ1n) is 6.94. The molecule has 5 heteroatoms. The lowest BCUT2D eigenvalue weighted by Gasteiger charge is -2.21. The summed E-state index contributed by atoms with van der Waals surface area (Å²) in [4.78, 5) is 12.1. The zero-order valence-corrected chi connectivity index (χ0v) is 11.2. The van der Waals surface area contributed by atoms with Crippen LogP contribution >= 0.6 is 0 Å². The molecule has 1 saturated heterocycles. The minimum atomic E-state index is 0.127. The van der Waals surface area contributed by atoms with Gasteiger partial charge >= 0.3 is 0 Å². The second-order valence-corrected chi connectivity index (χ2v) is 5.08. The van der Waals surface area contributed by atoms with Crippen molar-refractivity contribution in [3.8, 4) is 11.1 Å². The lowest BCUT2D eigenvalue weighted by molar-refractivity contribution is -0.120. The monoisotopic (exact) mass is 270 g/mol. The Kier molecular flexibility index (Phi) is 3.78. The third kappa shape index (κ3) is 2.88. The summed E-state index contributed by atoms with van der Waals surface area (Å²) in [6, 6.07) is 7.84. The van der Waals surface area contributed by atoms with E-state index in [1.807, 2.05) is 30.5 Å². The molecule has 3 rings (SSSR count). The molecule has 20 heavy (non-hydrogen) atoms. The van der Waals surface area contributed by atoms with Crippen LogP contribution in [0.1, 0.15) is 12.8 Å². The number of nitrogens with zero attached hydrogens (tertiary/aromatic N) is 1. The summed E-state index contributed by atoms with van der Waals surface area (Å²) in [5.41, 5.74) is 2.97. The van der Waals surface area contributed by atoms with E-state index in [9.17, 15) is 4.79 Å². The largest absolute Gasteiger partial charge is 0.326 e. The molecule has 1 aliphatic rings. The van der Waals surface area contributed by atoms with E-state index in [4.69, 9.17) is 0 Å². The summed E-state index contributed by atoms with van der Waals surface area (Å²) in [6.45, 7) is 1.86. The summed E-state index contributed by atoms with van der Waals surface area (Å²) >= 11 is 0. The summed E-state index contributed by atoms with van der Waals surface area (Å²) in [5.74, 6) is 0.257. The molecule has 0 spiro atoms. The highest BCUT2D eigenvalue weighted by Gasteiger charge is 2.20. The van der Waals surface area contributed by atoms with Gasteiger partial charge in [0.2, 0.25) is 5.91 Å². The first-order valence-corrected chi connectivity index (χ1v) is 6.94. The Morgan fingerprint density at radius 3 is 2.55 bits per heavy atom. The predicted octanol–water partition coefficient (Wildman–Crippen LogP) is 2.01. The molecule has 1 aliphatic heterocycles. The van der Waals surface area contributed by atoms with Crippen LogP contribution in [0, 0.1) is 5.92 Å². The number of aromatic nitrogens is 2. The summed E-state index contributed by atoms with van der Waals surface area (Å²) in [7, 11) is 0. The summed E-state index contributed by atoms with van der Waals surface area (Å²) < 4.78 is 0. The van der Waals surface area contributed by atoms with E-state index in [0.29, 0.717) is 0 Å². The maximum Gasteiger partial charge on any atom is 0.227 e. The van der Waals surface area contributed by atoms with Gasteiger partial charge in [-0.3, -0.25) is 9.89 Å². The van der Waals surface area contributed by atoms with E-state index in [1.165, 1.54) is 0 Å². The molecule has 0 aliphatic carbocycles. The van der Waals surface area contributed by atoms with Crippen LogP contribution in [0.15, 0.2) is 36.7 Å². The smallest absolute Gasteiger partial charge is 0.227 e. The molecule has 104 valence electrons. The Balaban J connectivity index is 1.64. The Morgan fingerprint density at radius 2 is 1.90 bits per heavy atom. The molecule has 1 fully saturated rings. The molecule has 3 N–H and O–H groups in total. The van der Waals surface area contributed by atoms with Gasteiger partial charge in [-0.1, -0.05) is 12.1 Å². The fraction of sp³-hybridized carbons (Fsp3) is 0.333. The number of amides is 1. The van der Waals surface area contributed by atoms with Gasteiger partial charge in [0.05, 0.1) is 6.20 Å². The number of benzene rings is 1. The topological polar surface area (TPSA) is 69.8 Å². The quantitative estimate of drug-likeness (QED) is 0.799. The lowest BCUT2D eigenvalue weighted by Crippen LogP contribution is -2.34. The molecule has 0 unspecified atom stereocenters. The number of carbonyl (C=O) groups is 1. The minimum absolute atomic E-state index is 0.127. The maximum atomic E-state index is 12.1. The Bertz CT molecular complexity index is 556. The lowest BCUT2D eigenvalue weighted by atomic mass is 9.97. The summed E-state index contributed by atoms with van der Waals surface area (Å²) in [5, 5.41) is 13.0. The number of rotatable bonds is 3. The number of hydrogen-bond donors (Lipinski definition) is 3. The Labute approximate surface area is 117 Å². The molecule has 5 nitrogen and oxygen atoms in total. The van der Waals surface area contributed by atoms with Crippen molar-refractivity contribution in [2.24, 2.45) is 5.92 Å². The van der Waals surface area contributed by atoms with E-state index in [1.54, 1.807) is 6.20 Å². The molecule has 1 amide bonds. The van der Waals surface area contributed by atoms with Gasteiger partial charge in [0, 0.05) is 23.4 Å². The molecule has 0 atom stereocenters. The van der Waals surface area contributed by atoms with E-state index in [0.717, 1.165) is 42.7 Å². The standard InChI is InChI=1S/C15H18N4O/c20-15(12-5-7-16-8-6-12)19-14-3-1-11(2-4-14)13-9-17-18-10-13/h1-4,9-10,12,16H,5-8H2,(H,17,18)(H,19,20). The van der Waals surface area contributed by atoms with Gasteiger partial charge in [0.15, 0.2) is 0 Å². The number of nitrogens with one attached hydrogen (secondary N) is 3. The van der Waals surface area contributed by atoms with Crippen LogP contribution in [0.5, 0.6) is 0 Å². The van der Waals surface area contributed by atoms with Crippen molar-refractivity contribution in [3.63, 3.8) is 0 Å². The fourth-order valence-corrected chi connectivity index (χ4v) is 2.48. The van der Waals surface area contributed by atoms with E-state index >= 15 is 0 Å². The third-order valence-electron chi connectivity index (χ3n) is 3.69. The Hall–Kier alpha value is -2.14. The van der Waals surface area contributed by atoms with E-state index < -0.39 is 0 Å². The van der Waals surface area contributed by atoms with Crippen molar-refractivity contribution in [1.82, 2.24) is 15.5 Å². The molecule has 1 aromatic heterocycles. The molecule has 2 heterocycles. The van der Waals surface area contributed by atoms with Crippen LogP contribution in [0.25, 0.3) is 11.1 Å². The van der Waals surface area contributed by atoms with Gasteiger partial charge in [0.1, 0.15) is 0 Å². The number of carbonyl (C=O) groups excluding carboxylic acids is 1. The first kappa shape index (κ1) is 12.9. The molecule has 0 saturated carbocycles. The molecule has 0 bridgehead atoms.